The molecule has 0 fully saturated rings. The minimum Gasteiger partial charge on any atom is -0.463 e. The second-order valence-corrected chi connectivity index (χ2v) is 4.39. The molecule has 1 aliphatic heterocycles. The van der Waals surface area contributed by atoms with E-state index in [1.807, 2.05) is 42.2 Å². The van der Waals surface area contributed by atoms with E-state index in [0.717, 1.165) is 17.2 Å². The van der Waals surface area contributed by atoms with Crippen LogP contribution in [0.2, 0.25) is 0 Å². The quantitative estimate of drug-likeness (QED) is 0.898. The van der Waals surface area contributed by atoms with Crippen LogP contribution in [-0.2, 0) is 0 Å². The predicted molar refractivity (Wildman–Crippen MR) is 76.1 cm³/mol. The smallest absolute Gasteiger partial charge is 0.228 e. The molecule has 0 bridgehead atoms. The minimum atomic E-state index is -0.836. The van der Waals surface area contributed by atoms with E-state index in [1.54, 1.807) is 12.1 Å². The highest BCUT2D eigenvalue weighted by atomic mass is 19.1. The van der Waals surface area contributed by atoms with Crippen LogP contribution in [0, 0.1) is 0 Å². The molecule has 0 aliphatic carbocycles. The van der Waals surface area contributed by atoms with Gasteiger partial charge in [-0.15, -0.1) is 0 Å². The van der Waals surface area contributed by atoms with Crippen molar-refractivity contribution in [1.82, 2.24) is 14.9 Å². The third kappa shape index (κ3) is 2.37. The lowest BCUT2D eigenvalue weighted by molar-refractivity contribution is 0.192. The summed E-state index contributed by atoms with van der Waals surface area (Å²) in [6.45, 7) is -0.836. The summed E-state index contributed by atoms with van der Waals surface area (Å²) in [6, 6.07) is 7.22. The number of ether oxygens (including phenoxy) is 1. The van der Waals surface area contributed by atoms with Gasteiger partial charge in [-0.1, -0.05) is 12.1 Å². The summed E-state index contributed by atoms with van der Waals surface area (Å²) in [6.07, 6.45) is 5.94. The first kappa shape index (κ1) is 12.7. The Morgan fingerprint density at radius 3 is 3.20 bits per heavy atom. The Kier molecular flexibility index (Phi) is 3.39. The Morgan fingerprint density at radius 2 is 2.40 bits per heavy atom. The molecule has 3 rings (SSSR count). The van der Waals surface area contributed by atoms with Crippen LogP contribution in [0.25, 0.3) is 17.5 Å². The molecule has 0 saturated carbocycles. The highest BCUT2D eigenvalue weighted by Crippen LogP contribution is 2.26. The number of halogens is 1. The maximum absolute atomic E-state index is 12.2. The first-order valence-electron chi connectivity index (χ1n) is 6.30. The molecule has 1 aliphatic rings. The minimum absolute atomic E-state index is 0.0685. The van der Waals surface area contributed by atoms with Crippen LogP contribution < -0.4 is 15.4 Å². The number of fused-ring (bicyclic) bond motifs is 1. The van der Waals surface area contributed by atoms with E-state index in [0.29, 0.717) is 5.75 Å². The van der Waals surface area contributed by atoms with Crippen LogP contribution in [0.3, 0.4) is 0 Å². The third-order valence-electron chi connectivity index (χ3n) is 3.12. The number of hydrogen-bond acceptors (Lipinski definition) is 4. The van der Waals surface area contributed by atoms with Crippen molar-refractivity contribution in [2.75, 3.05) is 19.2 Å². The van der Waals surface area contributed by atoms with Gasteiger partial charge in [-0.05, 0) is 25.3 Å². The number of nitrogens with one attached hydrogen (secondary N) is 2. The summed E-state index contributed by atoms with van der Waals surface area (Å²) in [4.78, 5) is 4.53. The van der Waals surface area contributed by atoms with E-state index < -0.39 is 6.86 Å². The number of imidazole rings is 1. The van der Waals surface area contributed by atoms with Gasteiger partial charge >= 0.3 is 0 Å². The molecule has 6 heteroatoms. The van der Waals surface area contributed by atoms with Gasteiger partial charge in [0.1, 0.15) is 11.9 Å². The number of rotatable bonds is 4. The Labute approximate surface area is 116 Å². The fraction of sp³-hybridized carbons (Fsp3) is 0.214. The molecule has 2 heterocycles. The van der Waals surface area contributed by atoms with Crippen LogP contribution in [0.4, 0.5) is 10.3 Å². The maximum atomic E-state index is 12.2. The Morgan fingerprint density at radius 1 is 1.50 bits per heavy atom. The van der Waals surface area contributed by atoms with Gasteiger partial charge < -0.3 is 10.1 Å². The van der Waals surface area contributed by atoms with Crippen molar-refractivity contribution in [3.63, 3.8) is 0 Å². The van der Waals surface area contributed by atoms with Crippen molar-refractivity contribution in [3.05, 3.63) is 36.5 Å². The van der Waals surface area contributed by atoms with Crippen LogP contribution in [0.15, 0.2) is 36.5 Å². The molecule has 104 valence electrons. The van der Waals surface area contributed by atoms with Crippen LogP contribution >= 0.6 is 0 Å². The fourth-order valence-corrected chi connectivity index (χ4v) is 2.10. The predicted octanol–water partition coefficient (Wildman–Crippen LogP) is 2.30. The average Bonchev–Trinajstić information content (AvgIpc) is 2.90. The van der Waals surface area contributed by atoms with E-state index in [2.05, 4.69) is 15.6 Å². The SMILES string of the molecule is CNC1C=Cn2cc(-c3cccc(OCF)c3)nc2N1. The van der Waals surface area contributed by atoms with E-state index in [-0.39, 0.29) is 6.17 Å². The molecule has 20 heavy (non-hydrogen) atoms. The van der Waals surface area contributed by atoms with Crippen LogP contribution in [-0.4, -0.2) is 29.6 Å². The van der Waals surface area contributed by atoms with Crippen molar-refractivity contribution in [3.8, 4) is 17.0 Å². The second-order valence-electron chi connectivity index (χ2n) is 4.39. The van der Waals surface area contributed by atoms with Crippen molar-refractivity contribution < 1.29 is 9.13 Å². The van der Waals surface area contributed by atoms with Gasteiger partial charge in [0.05, 0.1) is 5.69 Å². The molecule has 0 saturated heterocycles. The van der Waals surface area contributed by atoms with Gasteiger partial charge in [0.2, 0.25) is 12.8 Å². The summed E-state index contributed by atoms with van der Waals surface area (Å²) in [5, 5.41) is 6.35. The van der Waals surface area contributed by atoms with E-state index >= 15 is 0 Å². The molecular weight excluding hydrogens is 259 g/mol. The van der Waals surface area contributed by atoms with Crippen molar-refractivity contribution >= 4 is 12.1 Å². The number of likely N-dealkylation sites (N-methyl/N-ethyl adjacent to an activating group) is 1. The van der Waals surface area contributed by atoms with Crippen molar-refractivity contribution in [1.29, 1.82) is 0 Å². The number of nitrogens with zero attached hydrogens (tertiary/aromatic N) is 2. The summed E-state index contributed by atoms with van der Waals surface area (Å²) in [5.41, 5.74) is 1.69. The largest absolute Gasteiger partial charge is 0.463 e. The number of anilines is 1. The average molecular weight is 274 g/mol. The maximum Gasteiger partial charge on any atom is 0.228 e. The number of hydrogen-bond donors (Lipinski definition) is 2. The van der Waals surface area contributed by atoms with E-state index in [9.17, 15) is 4.39 Å². The summed E-state index contributed by atoms with van der Waals surface area (Å²) in [7, 11) is 1.87. The first-order valence-corrected chi connectivity index (χ1v) is 6.30. The highest BCUT2D eigenvalue weighted by molar-refractivity contribution is 5.65. The Hall–Kier alpha value is -2.34. The van der Waals surface area contributed by atoms with Gasteiger partial charge in [0.25, 0.3) is 0 Å². The van der Waals surface area contributed by atoms with Gasteiger partial charge in [-0.2, -0.15) is 0 Å². The van der Waals surface area contributed by atoms with Crippen LogP contribution in [0.1, 0.15) is 0 Å². The lowest BCUT2D eigenvalue weighted by Crippen LogP contribution is -2.34. The Bertz CT molecular complexity index is 638. The van der Waals surface area contributed by atoms with Gasteiger partial charge in [-0.3, -0.25) is 9.88 Å². The zero-order valence-corrected chi connectivity index (χ0v) is 11.0. The molecule has 1 atom stereocenters. The topological polar surface area (TPSA) is 51.1 Å². The molecule has 0 radical (unpaired) electrons. The molecule has 1 aromatic carbocycles. The second kappa shape index (κ2) is 5.34. The summed E-state index contributed by atoms with van der Waals surface area (Å²) >= 11 is 0. The van der Waals surface area contributed by atoms with Gasteiger partial charge in [0.15, 0.2) is 0 Å². The molecule has 0 spiro atoms. The summed E-state index contributed by atoms with van der Waals surface area (Å²) in [5.74, 6) is 1.26. The molecule has 2 N–H and O–H groups in total. The van der Waals surface area contributed by atoms with Gasteiger partial charge in [-0.25, -0.2) is 9.37 Å². The molecule has 1 aromatic heterocycles. The summed E-state index contributed by atoms with van der Waals surface area (Å²) < 4.78 is 19.0. The molecular formula is C14H15FN4O. The standard InChI is InChI=1S/C14H15FN4O/c1-16-13-5-6-19-8-12(17-14(19)18-13)10-3-2-4-11(7-10)20-9-15/h2-8,13,16H,9H2,1H3,(H,17,18). The van der Waals surface area contributed by atoms with Crippen LogP contribution in [0.5, 0.6) is 5.75 Å². The number of alkyl halides is 1. The van der Waals surface area contributed by atoms with E-state index in [1.165, 1.54) is 0 Å². The molecule has 2 aromatic rings. The van der Waals surface area contributed by atoms with Gasteiger partial charge in [0, 0.05) is 18.0 Å². The van der Waals surface area contributed by atoms with E-state index in [4.69, 9.17) is 4.74 Å². The lowest BCUT2D eigenvalue weighted by Gasteiger charge is -2.18. The third-order valence-corrected chi connectivity index (χ3v) is 3.12. The lowest BCUT2D eigenvalue weighted by atomic mass is 10.1. The number of benzene rings is 1. The molecule has 5 nitrogen and oxygen atoms in total. The van der Waals surface area contributed by atoms with Crippen molar-refractivity contribution in [2.24, 2.45) is 0 Å². The molecule has 0 amide bonds. The first-order chi connectivity index (χ1) is 9.80. The monoisotopic (exact) mass is 274 g/mol. The zero-order chi connectivity index (χ0) is 13.9. The number of aromatic nitrogens is 2. The van der Waals surface area contributed by atoms with Crippen molar-refractivity contribution in [2.45, 2.75) is 6.17 Å². The highest BCUT2D eigenvalue weighted by Gasteiger charge is 2.14. The fourth-order valence-electron chi connectivity index (χ4n) is 2.10. The molecule has 1 unspecified atom stereocenters. The normalized spacial score (nSPS) is 16.6. The zero-order valence-electron chi connectivity index (χ0n) is 11.0. The Balaban J connectivity index is 1.91.